The van der Waals surface area contributed by atoms with E-state index in [1.807, 2.05) is 31.2 Å². The van der Waals surface area contributed by atoms with Crippen molar-refractivity contribution in [3.05, 3.63) is 51.3 Å². The summed E-state index contributed by atoms with van der Waals surface area (Å²) in [4.78, 5) is 16.0. The summed E-state index contributed by atoms with van der Waals surface area (Å²) in [5.41, 5.74) is 2.78. The van der Waals surface area contributed by atoms with Crippen LogP contribution < -0.4 is 5.32 Å². The molecule has 1 amide bonds. The second kappa shape index (κ2) is 4.72. The molecule has 0 aliphatic carbocycles. The maximum Gasteiger partial charge on any atom is 0.265 e. The maximum atomic E-state index is 12.1. The van der Waals surface area contributed by atoms with Crippen molar-refractivity contribution in [3.63, 3.8) is 0 Å². The molecule has 96 valence electrons. The minimum Gasteiger partial charge on any atom is -0.357 e. The van der Waals surface area contributed by atoms with Crippen molar-refractivity contribution in [1.29, 1.82) is 0 Å². The Hall–Kier alpha value is -1.78. The predicted molar refractivity (Wildman–Crippen MR) is 80.3 cm³/mol. The third-order valence-electron chi connectivity index (χ3n) is 2.84. The number of carbonyl (C=O) groups excluding carboxylic acids is 1. The molecule has 2 N–H and O–H groups in total. The van der Waals surface area contributed by atoms with Crippen LogP contribution in [0.3, 0.4) is 0 Å². The SMILES string of the molecule is Cc1cc2cccc(NC(=O)c3ccc(Cl)s3)c2[nH]1. The van der Waals surface area contributed by atoms with E-state index in [0.717, 1.165) is 22.3 Å². The van der Waals surface area contributed by atoms with Gasteiger partial charge in [-0.05, 0) is 31.2 Å². The van der Waals surface area contributed by atoms with Crippen molar-refractivity contribution in [1.82, 2.24) is 4.98 Å². The van der Waals surface area contributed by atoms with Gasteiger partial charge >= 0.3 is 0 Å². The van der Waals surface area contributed by atoms with Crippen LogP contribution in [0.15, 0.2) is 36.4 Å². The van der Waals surface area contributed by atoms with E-state index >= 15 is 0 Å². The van der Waals surface area contributed by atoms with Gasteiger partial charge in [0.25, 0.3) is 5.91 Å². The molecule has 19 heavy (non-hydrogen) atoms. The first-order chi connectivity index (χ1) is 9.13. The van der Waals surface area contributed by atoms with Crippen molar-refractivity contribution in [3.8, 4) is 0 Å². The molecule has 0 atom stereocenters. The van der Waals surface area contributed by atoms with E-state index in [2.05, 4.69) is 10.3 Å². The molecular weight excluding hydrogens is 280 g/mol. The summed E-state index contributed by atoms with van der Waals surface area (Å²) in [7, 11) is 0. The molecule has 2 heterocycles. The van der Waals surface area contributed by atoms with E-state index in [1.54, 1.807) is 12.1 Å². The molecule has 0 fully saturated rings. The van der Waals surface area contributed by atoms with Gasteiger partial charge in [-0.3, -0.25) is 4.79 Å². The summed E-state index contributed by atoms with van der Waals surface area (Å²) >= 11 is 7.11. The van der Waals surface area contributed by atoms with Gasteiger partial charge in [-0.25, -0.2) is 0 Å². The van der Waals surface area contributed by atoms with Crippen LogP contribution in [-0.4, -0.2) is 10.9 Å². The maximum absolute atomic E-state index is 12.1. The summed E-state index contributed by atoms with van der Waals surface area (Å²) in [5, 5.41) is 3.99. The summed E-state index contributed by atoms with van der Waals surface area (Å²) in [6.45, 7) is 1.99. The topological polar surface area (TPSA) is 44.9 Å². The van der Waals surface area contributed by atoms with Crippen molar-refractivity contribution in [2.75, 3.05) is 5.32 Å². The number of anilines is 1. The average molecular weight is 291 g/mol. The number of benzene rings is 1. The highest BCUT2D eigenvalue weighted by Crippen LogP contribution is 2.26. The van der Waals surface area contributed by atoms with Gasteiger partial charge in [-0.15, -0.1) is 11.3 Å². The number of fused-ring (bicyclic) bond motifs is 1. The first-order valence-electron chi connectivity index (χ1n) is 5.78. The fraction of sp³-hybridized carbons (Fsp3) is 0.0714. The quantitative estimate of drug-likeness (QED) is 0.720. The number of hydrogen-bond donors (Lipinski definition) is 2. The van der Waals surface area contributed by atoms with Crippen LogP contribution in [0.2, 0.25) is 4.34 Å². The molecule has 2 aromatic heterocycles. The van der Waals surface area contributed by atoms with Crippen molar-refractivity contribution in [2.45, 2.75) is 6.92 Å². The van der Waals surface area contributed by atoms with E-state index < -0.39 is 0 Å². The molecule has 5 heteroatoms. The van der Waals surface area contributed by atoms with Gasteiger partial charge in [0.2, 0.25) is 0 Å². The Morgan fingerprint density at radius 1 is 1.32 bits per heavy atom. The van der Waals surface area contributed by atoms with Gasteiger partial charge in [-0.1, -0.05) is 23.7 Å². The predicted octanol–water partition coefficient (Wildman–Crippen LogP) is 4.44. The number of aromatic amines is 1. The number of rotatable bonds is 2. The highest BCUT2D eigenvalue weighted by atomic mass is 35.5. The van der Waals surface area contributed by atoms with Crippen LogP contribution in [0, 0.1) is 6.92 Å². The lowest BCUT2D eigenvalue weighted by Gasteiger charge is -2.04. The monoisotopic (exact) mass is 290 g/mol. The standard InChI is InChI=1S/C14H11ClN2OS/c1-8-7-9-3-2-4-10(13(9)16-8)17-14(18)11-5-6-12(15)19-11/h2-7,16H,1H3,(H,17,18). The number of para-hydroxylation sites is 1. The van der Waals surface area contributed by atoms with Crippen molar-refractivity contribution < 1.29 is 4.79 Å². The average Bonchev–Trinajstić information content (AvgIpc) is 2.95. The van der Waals surface area contributed by atoms with Crippen LogP contribution in [0.1, 0.15) is 15.4 Å². The van der Waals surface area contributed by atoms with Crippen LogP contribution in [0.5, 0.6) is 0 Å². The third kappa shape index (κ3) is 2.37. The lowest BCUT2D eigenvalue weighted by Crippen LogP contribution is -2.10. The van der Waals surface area contributed by atoms with Gasteiger partial charge in [-0.2, -0.15) is 0 Å². The zero-order valence-corrected chi connectivity index (χ0v) is 11.7. The highest BCUT2D eigenvalue weighted by molar-refractivity contribution is 7.18. The zero-order valence-electron chi connectivity index (χ0n) is 10.2. The molecule has 0 saturated carbocycles. The number of aryl methyl sites for hydroxylation is 1. The highest BCUT2D eigenvalue weighted by Gasteiger charge is 2.11. The van der Waals surface area contributed by atoms with Crippen LogP contribution in [0.4, 0.5) is 5.69 Å². The minimum atomic E-state index is -0.142. The van der Waals surface area contributed by atoms with Gasteiger partial charge in [0.05, 0.1) is 20.4 Å². The van der Waals surface area contributed by atoms with E-state index in [9.17, 15) is 4.79 Å². The first-order valence-corrected chi connectivity index (χ1v) is 6.98. The number of nitrogens with one attached hydrogen (secondary N) is 2. The number of H-pyrrole nitrogens is 1. The third-order valence-corrected chi connectivity index (χ3v) is 4.07. The first kappa shape index (κ1) is 12.3. The number of amides is 1. The normalized spacial score (nSPS) is 10.8. The second-order valence-corrected chi connectivity index (χ2v) is 6.00. The van der Waals surface area contributed by atoms with Crippen LogP contribution in [0.25, 0.3) is 10.9 Å². The van der Waals surface area contributed by atoms with E-state index in [1.165, 1.54) is 11.3 Å². The van der Waals surface area contributed by atoms with Gasteiger partial charge < -0.3 is 10.3 Å². The summed E-state index contributed by atoms with van der Waals surface area (Å²) in [5.74, 6) is -0.142. The lowest BCUT2D eigenvalue weighted by atomic mass is 10.2. The Balaban J connectivity index is 1.95. The van der Waals surface area contributed by atoms with E-state index in [-0.39, 0.29) is 5.91 Å². The molecule has 1 aromatic carbocycles. The molecule has 0 radical (unpaired) electrons. The molecule has 3 nitrogen and oxygen atoms in total. The molecule has 0 saturated heterocycles. The Morgan fingerprint density at radius 3 is 2.89 bits per heavy atom. The summed E-state index contributed by atoms with van der Waals surface area (Å²) < 4.78 is 0.610. The van der Waals surface area contributed by atoms with Crippen molar-refractivity contribution >= 4 is 45.4 Å². The summed E-state index contributed by atoms with van der Waals surface area (Å²) in [6, 6.07) is 11.3. The summed E-state index contributed by atoms with van der Waals surface area (Å²) in [6.07, 6.45) is 0. The van der Waals surface area contributed by atoms with Crippen molar-refractivity contribution in [2.24, 2.45) is 0 Å². The smallest absolute Gasteiger partial charge is 0.265 e. The number of halogens is 1. The number of carbonyl (C=O) groups is 1. The fourth-order valence-electron chi connectivity index (χ4n) is 2.02. The largest absolute Gasteiger partial charge is 0.357 e. The Labute approximate surface area is 119 Å². The Kier molecular flexibility index (Phi) is 3.05. The number of hydrogen-bond acceptors (Lipinski definition) is 2. The van der Waals surface area contributed by atoms with Gasteiger partial charge in [0.1, 0.15) is 0 Å². The molecule has 0 aliphatic heterocycles. The number of aromatic nitrogens is 1. The van der Waals surface area contributed by atoms with E-state index in [0.29, 0.717) is 9.21 Å². The minimum absolute atomic E-state index is 0.142. The number of thiophene rings is 1. The van der Waals surface area contributed by atoms with Crippen LogP contribution >= 0.6 is 22.9 Å². The molecule has 0 aliphatic rings. The Bertz CT molecular complexity index is 760. The lowest BCUT2D eigenvalue weighted by molar-refractivity contribution is 0.103. The molecule has 0 unspecified atom stereocenters. The Morgan fingerprint density at radius 2 is 2.16 bits per heavy atom. The van der Waals surface area contributed by atoms with Gasteiger partial charge in [0.15, 0.2) is 0 Å². The van der Waals surface area contributed by atoms with E-state index in [4.69, 9.17) is 11.6 Å². The fourth-order valence-corrected chi connectivity index (χ4v) is 2.96. The second-order valence-electron chi connectivity index (χ2n) is 4.28. The zero-order chi connectivity index (χ0) is 13.4. The molecule has 3 rings (SSSR count). The molecule has 3 aromatic rings. The molecular formula is C14H11ClN2OS. The molecule has 0 spiro atoms. The van der Waals surface area contributed by atoms with Gasteiger partial charge in [0, 0.05) is 11.1 Å². The van der Waals surface area contributed by atoms with Crippen LogP contribution in [-0.2, 0) is 0 Å². The molecule has 0 bridgehead atoms.